The molecule has 10 rings (SSSR count). The molecule has 8 aliphatic rings. The van der Waals surface area contributed by atoms with Crippen LogP contribution in [0.3, 0.4) is 0 Å². The van der Waals surface area contributed by atoms with Crippen LogP contribution in [0.25, 0.3) is 5.76 Å². The van der Waals surface area contributed by atoms with Gasteiger partial charge in [0.15, 0.2) is 11.4 Å². The predicted octanol–water partition coefficient (Wildman–Crippen LogP) is 9.31. The van der Waals surface area contributed by atoms with Crippen LogP contribution in [0, 0.1) is 58.2 Å². The third-order valence-electron chi connectivity index (χ3n) is 20.3. The summed E-state index contributed by atoms with van der Waals surface area (Å²) in [4.78, 5) is 84.2. The highest BCUT2D eigenvalue weighted by molar-refractivity contribution is 8.01. The van der Waals surface area contributed by atoms with E-state index >= 15 is 0 Å². The number of likely N-dealkylation sites (N-methyl/N-ethyl adjacent to an activating group) is 1. The van der Waals surface area contributed by atoms with Gasteiger partial charge < -0.3 is 30.9 Å². The van der Waals surface area contributed by atoms with E-state index in [2.05, 4.69) is 46.0 Å². The van der Waals surface area contributed by atoms with E-state index < -0.39 is 80.6 Å². The van der Waals surface area contributed by atoms with Gasteiger partial charge in [-0.2, -0.15) is 0 Å². The quantitative estimate of drug-likeness (QED) is 0.0661. The van der Waals surface area contributed by atoms with Crippen LogP contribution < -0.4 is 20.7 Å². The molecule has 1 heterocycles. The Kier molecular flexibility index (Phi) is 13.9. The molecule has 14 atom stereocenters. The van der Waals surface area contributed by atoms with Crippen molar-refractivity contribution < 1.29 is 53.9 Å². The van der Waals surface area contributed by atoms with Crippen molar-refractivity contribution in [3.05, 3.63) is 82.1 Å². The molecule has 2 aromatic carbocycles. The van der Waals surface area contributed by atoms with Crippen LogP contribution in [0.2, 0.25) is 0 Å². The lowest BCUT2D eigenvalue weighted by molar-refractivity contribution is -0.159. The molecule has 16 heteroatoms. The van der Waals surface area contributed by atoms with Crippen molar-refractivity contribution in [1.82, 2.24) is 4.90 Å². The van der Waals surface area contributed by atoms with Crippen LogP contribution in [0.15, 0.2) is 71.0 Å². The molecule has 0 radical (unpaired) electrons. The molecular weight excluding hydrogens is 985 g/mol. The summed E-state index contributed by atoms with van der Waals surface area (Å²) in [5, 5.41) is 49.7. The molecule has 5 fully saturated rings. The van der Waals surface area contributed by atoms with Crippen molar-refractivity contribution in [3.8, 4) is 5.75 Å². The van der Waals surface area contributed by atoms with Gasteiger partial charge in [-0.05, 0) is 161 Å². The molecule has 4 saturated carbocycles. The Labute approximate surface area is 450 Å². The number of aliphatic hydroxyl groups excluding tert-OH is 2. The number of nitrogens with zero attached hydrogens (tertiary/aromatic N) is 2. The summed E-state index contributed by atoms with van der Waals surface area (Å²) in [5.41, 5.74) is 1.81. The van der Waals surface area contributed by atoms with E-state index in [9.17, 15) is 49.2 Å². The van der Waals surface area contributed by atoms with Gasteiger partial charge in [-0.15, -0.1) is 11.8 Å². The number of carbonyl (C=O) groups is 6. The average molecular weight is 1060 g/mol. The normalized spacial score (nSPS) is 36.3. The van der Waals surface area contributed by atoms with Crippen LogP contribution >= 0.6 is 11.8 Å². The molecule has 0 bridgehead atoms. The van der Waals surface area contributed by atoms with Crippen molar-refractivity contribution in [3.63, 3.8) is 0 Å². The zero-order valence-corrected chi connectivity index (χ0v) is 46.0. The SMILES string of the molecule is CC(C)CCCC(C)C1CCC2C3CC=C4CC(SC5CC(=O)N(c6ccc(NC(=O)Oc7cccc8c7C(O)=C7C(=O)C9(O)C(O)=C(C(N)=O)C(=O)C(N(C)C)C9CC7C8(C)O)cc6)C5=O)CCC4(C)[C@H]3CCC12C. The number of allylic oxidation sites excluding steroid dienone is 2. The molecule has 1 aliphatic heterocycles. The maximum Gasteiger partial charge on any atom is 0.417 e. The largest absolute Gasteiger partial charge is 0.508 e. The summed E-state index contributed by atoms with van der Waals surface area (Å²) < 4.78 is 5.70. The number of imide groups is 1. The fourth-order valence-electron chi connectivity index (χ4n) is 16.5. The van der Waals surface area contributed by atoms with Crippen LogP contribution in [-0.4, -0.2) is 96.9 Å². The van der Waals surface area contributed by atoms with E-state index in [0.717, 1.165) is 55.3 Å². The highest BCUT2D eigenvalue weighted by atomic mass is 32.2. The number of ether oxygens (including phenoxy) is 1. The fraction of sp³-hybridized carbons (Fsp3) is 0.600. The first kappa shape index (κ1) is 54.1. The van der Waals surface area contributed by atoms with Crippen LogP contribution in [0.5, 0.6) is 5.75 Å². The smallest absolute Gasteiger partial charge is 0.417 e. The van der Waals surface area contributed by atoms with Gasteiger partial charge in [-0.3, -0.25) is 34.2 Å². The highest BCUT2D eigenvalue weighted by Crippen LogP contribution is 2.68. The number of rotatable bonds is 12. The minimum absolute atomic E-state index is 0.0805. The summed E-state index contributed by atoms with van der Waals surface area (Å²) in [6, 6.07) is 9.19. The number of nitrogens with one attached hydrogen (secondary N) is 1. The average Bonchev–Trinajstić information content (AvgIpc) is 3.97. The molecule has 7 N–H and O–H groups in total. The van der Waals surface area contributed by atoms with Crippen LogP contribution in [0.4, 0.5) is 16.2 Å². The van der Waals surface area contributed by atoms with Gasteiger partial charge in [0.1, 0.15) is 22.8 Å². The van der Waals surface area contributed by atoms with E-state index in [1.165, 1.54) is 106 Å². The fourth-order valence-corrected chi connectivity index (χ4v) is 17.9. The summed E-state index contributed by atoms with van der Waals surface area (Å²) in [6.07, 6.45) is 15.0. The Morgan fingerprint density at radius 2 is 1.63 bits per heavy atom. The number of Topliss-reactive ketones (excluding diaryl/α,β-unsaturated/α-hetero) is 2. The second-order valence-corrected chi connectivity index (χ2v) is 26.6. The highest BCUT2D eigenvalue weighted by Gasteiger charge is 2.67. The molecule has 2 aromatic rings. The first-order chi connectivity index (χ1) is 35.8. The maximum absolute atomic E-state index is 14.5. The van der Waals surface area contributed by atoms with Crippen LogP contribution in [-0.2, 0) is 29.6 Å². The Morgan fingerprint density at radius 1 is 0.908 bits per heavy atom. The third-order valence-corrected chi connectivity index (χ3v) is 21.8. The number of primary amides is 1. The number of nitrogens with two attached hydrogens (primary N) is 1. The molecular formula is C60H76N4O11S. The number of aliphatic hydroxyl groups is 4. The van der Waals surface area contributed by atoms with E-state index in [-0.39, 0.29) is 57.9 Å². The monoisotopic (exact) mass is 1060 g/mol. The van der Waals surface area contributed by atoms with Gasteiger partial charge in [0, 0.05) is 34.8 Å². The molecule has 7 aliphatic carbocycles. The lowest BCUT2D eigenvalue weighted by atomic mass is 9.47. The van der Waals surface area contributed by atoms with Crippen molar-refractivity contribution in [2.45, 2.75) is 153 Å². The summed E-state index contributed by atoms with van der Waals surface area (Å²) in [5.74, 6) is -4.30. The summed E-state index contributed by atoms with van der Waals surface area (Å²) in [7, 11) is 2.99. The molecule has 4 amide bonds. The second kappa shape index (κ2) is 19.6. The van der Waals surface area contributed by atoms with Gasteiger partial charge >= 0.3 is 6.09 Å². The van der Waals surface area contributed by atoms with Gasteiger partial charge in [-0.1, -0.05) is 77.7 Å². The predicted molar refractivity (Wildman–Crippen MR) is 290 cm³/mol. The van der Waals surface area contributed by atoms with Crippen molar-refractivity contribution in [1.29, 1.82) is 0 Å². The van der Waals surface area contributed by atoms with E-state index in [4.69, 9.17) is 10.5 Å². The second-order valence-electron chi connectivity index (χ2n) is 25.1. The number of thioether (sulfide) groups is 1. The van der Waals surface area contributed by atoms with Crippen molar-refractivity contribution in [2.75, 3.05) is 24.3 Å². The van der Waals surface area contributed by atoms with Gasteiger partial charge in [0.25, 0.3) is 5.91 Å². The maximum atomic E-state index is 14.5. The molecule has 0 spiro atoms. The summed E-state index contributed by atoms with van der Waals surface area (Å²) in [6.45, 7) is 13.8. The van der Waals surface area contributed by atoms with E-state index in [1.54, 1.807) is 29.5 Å². The lowest BCUT2D eigenvalue weighted by Gasteiger charge is -2.58. The van der Waals surface area contributed by atoms with E-state index in [1.807, 2.05) is 0 Å². The number of hydrogen-bond donors (Lipinski definition) is 6. The van der Waals surface area contributed by atoms with Gasteiger partial charge in [0.05, 0.1) is 28.1 Å². The Bertz CT molecular complexity index is 2870. The zero-order chi connectivity index (χ0) is 54.7. The van der Waals surface area contributed by atoms with Crippen molar-refractivity contribution >= 4 is 64.3 Å². The van der Waals surface area contributed by atoms with Gasteiger partial charge in [-0.25, -0.2) is 9.69 Å². The summed E-state index contributed by atoms with van der Waals surface area (Å²) >= 11 is 1.65. The topological polar surface area (TPSA) is 237 Å². The molecule has 13 unspecified atom stereocenters. The Balaban J connectivity index is 0.787. The Hall–Kier alpha value is -5.29. The molecule has 0 aromatic heterocycles. The minimum Gasteiger partial charge on any atom is -0.508 e. The van der Waals surface area contributed by atoms with Crippen LogP contribution in [0.1, 0.15) is 136 Å². The molecule has 15 nitrogen and oxygen atoms in total. The number of benzene rings is 2. The molecule has 408 valence electrons. The first-order valence-corrected chi connectivity index (χ1v) is 28.6. The minimum atomic E-state index is -2.89. The number of ketones is 2. The number of carbonyl (C=O) groups excluding carboxylic acids is 6. The first-order valence-electron chi connectivity index (χ1n) is 27.7. The lowest BCUT2D eigenvalue weighted by Crippen LogP contribution is -2.67. The Morgan fingerprint density at radius 3 is 2.32 bits per heavy atom. The zero-order valence-electron chi connectivity index (χ0n) is 45.2. The van der Waals surface area contributed by atoms with Crippen molar-refractivity contribution in [2.24, 2.45) is 63.9 Å². The number of anilines is 2. The number of hydrogen-bond acceptors (Lipinski definition) is 13. The number of fused-ring (bicyclic) bond motifs is 8. The standard InChI is InChI=1S/C60H76N4O11S/c1-30(2)11-9-12-31(3)37-21-22-38-36-20-15-32-27-35(23-25-57(32,4)39(36)24-26-58(37,38)5)76-44-29-45(65)64(55(44)71)34-18-16-33(17-19-34)62-56(72)75-43-14-10-13-40-46(43)50(66)47-41(59(40,6)73)28-42-49(63(7)8)51(67)48(54(61)70)53(69)60(42,74)52(47)68/h10,13-19,30-31,35-39,41-42,44,49,66,69,73-74H,9,11-12,20-29H2,1-8H3,(H2,61,70)(H,62,72)/t31?,35?,36?,37?,38?,39-,41?,42?,44?,49?,57?,58?,59?,60?/m0/s1. The number of amides is 4. The molecule has 1 saturated heterocycles. The van der Waals surface area contributed by atoms with Gasteiger partial charge in [0.2, 0.25) is 17.6 Å². The molecule has 76 heavy (non-hydrogen) atoms. The third kappa shape index (κ3) is 8.48. The van der Waals surface area contributed by atoms with E-state index in [0.29, 0.717) is 17.0 Å².